The summed E-state index contributed by atoms with van der Waals surface area (Å²) in [6, 6.07) is 8.48. The number of fused-ring (bicyclic) bond motifs is 1. The molecule has 6 heteroatoms. The van der Waals surface area contributed by atoms with Crippen molar-refractivity contribution >= 4 is 22.6 Å². The van der Waals surface area contributed by atoms with Crippen LogP contribution in [0, 0.1) is 12.8 Å². The van der Waals surface area contributed by atoms with Crippen LogP contribution in [0.15, 0.2) is 24.3 Å². The molecular weight excluding hydrogens is 386 g/mol. The van der Waals surface area contributed by atoms with Crippen LogP contribution in [0.3, 0.4) is 0 Å². The quantitative estimate of drug-likeness (QED) is 0.425. The van der Waals surface area contributed by atoms with E-state index in [4.69, 9.17) is 10.7 Å². The van der Waals surface area contributed by atoms with Gasteiger partial charge in [-0.05, 0) is 70.2 Å². The van der Waals surface area contributed by atoms with Crippen molar-refractivity contribution in [2.75, 3.05) is 18.4 Å². The second-order valence-corrected chi connectivity index (χ2v) is 9.08. The minimum Gasteiger partial charge on any atom is -0.369 e. The molecule has 0 aliphatic heterocycles. The van der Waals surface area contributed by atoms with E-state index in [2.05, 4.69) is 28.9 Å². The number of carbonyl (C=O) groups is 1. The highest BCUT2D eigenvalue weighted by atomic mass is 16.1. The minimum absolute atomic E-state index is 0.198. The van der Waals surface area contributed by atoms with Crippen LogP contribution < -0.4 is 21.7 Å². The minimum atomic E-state index is -0.415. The number of aryl methyl sites for hydroxylation is 1. The third-order valence-corrected chi connectivity index (χ3v) is 6.27. The first-order chi connectivity index (χ1) is 15.0. The third-order valence-electron chi connectivity index (χ3n) is 6.27. The number of hydrogen-bond acceptors (Lipinski definition) is 5. The maximum Gasteiger partial charge on any atom is 0.256 e. The molecule has 5 N–H and O–H groups in total. The SMILES string of the molecule is CCC(CCNc1nc2ccc(C)cc2cc1C(=O)NC(C)N)NCC1CCCCC1. The molecule has 170 valence electrons. The van der Waals surface area contributed by atoms with Gasteiger partial charge in [0.05, 0.1) is 17.2 Å². The lowest BCUT2D eigenvalue weighted by Gasteiger charge is -2.25. The van der Waals surface area contributed by atoms with Gasteiger partial charge in [-0.15, -0.1) is 0 Å². The van der Waals surface area contributed by atoms with Crippen LogP contribution >= 0.6 is 0 Å². The van der Waals surface area contributed by atoms with Gasteiger partial charge in [0.1, 0.15) is 5.82 Å². The zero-order valence-electron chi connectivity index (χ0n) is 19.3. The normalized spacial score (nSPS) is 16.8. The van der Waals surface area contributed by atoms with Crippen LogP contribution in [0.5, 0.6) is 0 Å². The van der Waals surface area contributed by atoms with Gasteiger partial charge in [0.15, 0.2) is 0 Å². The van der Waals surface area contributed by atoms with Crippen molar-refractivity contribution < 1.29 is 4.79 Å². The molecule has 2 unspecified atom stereocenters. The van der Waals surface area contributed by atoms with E-state index < -0.39 is 6.17 Å². The van der Waals surface area contributed by atoms with E-state index in [0.29, 0.717) is 17.4 Å². The van der Waals surface area contributed by atoms with Crippen molar-refractivity contribution in [3.8, 4) is 0 Å². The third kappa shape index (κ3) is 6.91. The molecule has 1 aliphatic rings. The van der Waals surface area contributed by atoms with Gasteiger partial charge in [-0.25, -0.2) is 4.98 Å². The summed E-state index contributed by atoms with van der Waals surface area (Å²) in [7, 11) is 0. The maximum atomic E-state index is 12.8. The summed E-state index contributed by atoms with van der Waals surface area (Å²) in [6.45, 7) is 7.91. The Kier molecular flexibility index (Phi) is 8.67. The number of anilines is 1. The summed E-state index contributed by atoms with van der Waals surface area (Å²) in [5, 5.41) is 10.9. The van der Waals surface area contributed by atoms with Gasteiger partial charge in [0.2, 0.25) is 0 Å². The number of hydrogen-bond donors (Lipinski definition) is 4. The Morgan fingerprint density at radius 2 is 2.00 bits per heavy atom. The highest BCUT2D eigenvalue weighted by Crippen LogP contribution is 2.24. The maximum absolute atomic E-state index is 12.8. The smallest absolute Gasteiger partial charge is 0.256 e. The number of nitrogens with two attached hydrogens (primary N) is 1. The molecule has 1 fully saturated rings. The number of nitrogens with one attached hydrogen (secondary N) is 3. The number of carbonyl (C=O) groups excluding carboxylic acids is 1. The highest BCUT2D eigenvalue weighted by molar-refractivity contribution is 6.02. The van der Waals surface area contributed by atoms with E-state index in [9.17, 15) is 4.79 Å². The number of nitrogens with zero attached hydrogens (tertiary/aromatic N) is 1. The number of pyridine rings is 1. The van der Waals surface area contributed by atoms with Crippen LogP contribution in [-0.2, 0) is 0 Å². The number of aromatic nitrogens is 1. The van der Waals surface area contributed by atoms with E-state index >= 15 is 0 Å². The van der Waals surface area contributed by atoms with Crippen molar-refractivity contribution in [3.05, 3.63) is 35.4 Å². The van der Waals surface area contributed by atoms with Gasteiger partial charge in [0.25, 0.3) is 5.91 Å². The summed E-state index contributed by atoms with van der Waals surface area (Å²) in [5.41, 5.74) is 8.35. The summed E-state index contributed by atoms with van der Waals surface area (Å²) >= 11 is 0. The molecule has 1 amide bonds. The largest absolute Gasteiger partial charge is 0.369 e. The average molecular weight is 426 g/mol. The molecule has 31 heavy (non-hydrogen) atoms. The van der Waals surface area contributed by atoms with Crippen molar-refractivity contribution in [1.82, 2.24) is 15.6 Å². The molecule has 1 aromatic carbocycles. The van der Waals surface area contributed by atoms with Crippen LogP contribution in [-0.4, -0.2) is 36.2 Å². The molecule has 2 aromatic rings. The fourth-order valence-corrected chi connectivity index (χ4v) is 4.43. The van der Waals surface area contributed by atoms with Gasteiger partial charge >= 0.3 is 0 Å². The Balaban J connectivity index is 1.65. The van der Waals surface area contributed by atoms with Crippen molar-refractivity contribution in [1.29, 1.82) is 0 Å². The number of amides is 1. The highest BCUT2D eigenvalue weighted by Gasteiger charge is 2.17. The number of rotatable bonds is 10. The summed E-state index contributed by atoms with van der Waals surface area (Å²) in [5.74, 6) is 1.25. The molecule has 6 nitrogen and oxygen atoms in total. The van der Waals surface area contributed by atoms with E-state index in [1.165, 1.54) is 32.1 Å². The second kappa shape index (κ2) is 11.4. The van der Waals surface area contributed by atoms with Crippen LogP contribution in [0.4, 0.5) is 5.82 Å². The first-order valence-electron chi connectivity index (χ1n) is 11.9. The Morgan fingerprint density at radius 3 is 2.71 bits per heavy atom. The molecule has 1 aromatic heterocycles. The summed E-state index contributed by atoms with van der Waals surface area (Å²) < 4.78 is 0. The Labute approximate surface area is 186 Å². The Morgan fingerprint density at radius 1 is 1.23 bits per heavy atom. The standard InChI is InChI=1S/C25H39N5O/c1-4-21(28-16-19-8-6-5-7-9-19)12-13-27-24-22(25(31)29-18(3)26)15-20-14-17(2)10-11-23(20)30-24/h10-11,14-15,18-19,21,28H,4-9,12-13,16,26H2,1-3H3,(H,27,30)(H,29,31). The number of benzene rings is 1. The molecule has 1 aliphatic carbocycles. The predicted molar refractivity (Wildman–Crippen MR) is 129 cm³/mol. The molecule has 0 bridgehead atoms. The molecule has 2 atom stereocenters. The zero-order valence-corrected chi connectivity index (χ0v) is 19.3. The van der Waals surface area contributed by atoms with Crippen molar-refractivity contribution in [3.63, 3.8) is 0 Å². The van der Waals surface area contributed by atoms with Crippen molar-refractivity contribution in [2.24, 2.45) is 11.7 Å². The monoisotopic (exact) mass is 425 g/mol. The van der Waals surface area contributed by atoms with Gasteiger partial charge in [-0.2, -0.15) is 0 Å². The average Bonchev–Trinajstić information content (AvgIpc) is 2.75. The van der Waals surface area contributed by atoms with E-state index in [0.717, 1.165) is 48.3 Å². The van der Waals surface area contributed by atoms with E-state index in [-0.39, 0.29) is 5.91 Å². The van der Waals surface area contributed by atoms with Crippen LogP contribution in [0.2, 0.25) is 0 Å². The second-order valence-electron chi connectivity index (χ2n) is 9.08. The van der Waals surface area contributed by atoms with E-state index in [1.807, 2.05) is 25.1 Å². The topological polar surface area (TPSA) is 92.1 Å². The molecule has 0 radical (unpaired) electrons. The lowest BCUT2D eigenvalue weighted by Crippen LogP contribution is -2.39. The lowest BCUT2D eigenvalue weighted by molar-refractivity contribution is 0.0942. The van der Waals surface area contributed by atoms with Gasteiger partial charge in [-0.3, -0.25) is 4.79 Å². The molecule has 1 heterocycles. The van der Waals surface area contributed by atoms with Crippen molar-refractivity contribution in [2.45, 2.75) is 77.9 Å². The Hall–Kier alpha value is -2.18. The zero-order chi connectivity index (χ0) is 22.2. The molecule has 3 rings (SSSR count). The lowest BCUT2D eigenvalue weighted by atomic mass is 9.89. The van der Waals surface area contributed by atoms with Crippen LogP contribution in [0.1, 0.15) is 74.7 Å². The Bertz CT molecular complexity index is 860. The first kappa shape index (κ1) is 23.5. The molecule has 0 spiro atoms. The molecule has 0 saturated heterocycles. The fourth-order valence-electron chi connectivity index (χ4n) is 4.43. The summed E-state index contributed by atoms with van der Waals surface area (Å²) in [6.07, 6.45) is 8.55. The van der Waals surface area contributed by atoms with Gasteiger partial charge in [-0.1, -0.05) is 37.8 Å². The van der Waals surface area contributed by atoms with Gasteiger partial charge in [0, 0.05) is 18.0 Å². The predicted octanol–water partition coefficient (Wildman–Crippen LogP) is 4.33. The van der Waals surface area contributed by atoms with Gasteiger partial charge < -0.3 is 21.7 Å². The van der Waals surface area contributed by atoms with E-state index in [1.54, 1.807) is 6.92 Å². The first-order valence-corrected chi connectivity index (χ1v) is 11.9. The molecule has 1 saturated carbocycles. The van der Waals surface area contributed by atoms with Crippen LogP contribution in [0.25, 0.3) is 10.9 Å². The fraction of sp³-hybridized carbons (Fsp3) is 0.600. The molecular formula is C25H39N5O. The summed E-state index contributed by atoms with van der Waals surface area (Å²) in [4.78, 5) is 17.5.